The number of hydrogen-bond donors (Lipinski definition) is 1. The Morgan fingerprint density at radius 3 is 2.62 bits per heavy atom. The first-order valence-corrected chi connectivity index (χ1v) is 7.32. The van der Waals surface area contributed by atoms with Crippen molar-refractivity contribution in [3.05, 3.63) is 39.9 Å². The SMILES string of the molecule is CCC(=O)c1cc(Cl)c(C)cc1C1=CCN(C(=O)O)CC1. The van der Waals surface area contributed by atoms with Crippen LogP contribution in [-0.4, -0.2) is 35.0 Å². The number of ketones is 1. The first-order chi connectivity index (χ1) is 9.93. The third-order valence-electron chi connectivity index (χ3n) is 3.75. The van der Waals surface area contributed by atoms with Gasteiger partial charge >= 0.3 is 6.09 Å². The zero-order valence-electron chi connectivity index (χ0n) is 12.1. The Hall–Kier alpha value is -1.81. The van der Waals surface area contributed by atoms with E-state index in [0.29, 0.717) is 36.5 Å². The molecule has 0 saturated heterocycles. The molecule has 0 unspecified atom stereocenters. The topological polar surface area (TPSA) is 57.6 Å². The second-order valence-corrected chi connectivity index (χ2v) is 5.54. The summed E-state index contributed by atoms with van der Waals surface area (Å²) in [4.78, 5) is 24.4. The van der Waals surface area contributed by atoms with Gasteiger partial charge in [-0.2, -0.15) is 0 Å². The van der Waals surface area contributed by atoms with Crippen LogP contribution in [0.3, 0.4) is 0 Å². The minimum absolute atomic E-state index is 0.0495. The van der Waals surface area contributed by atoms with Crippen molar-refractivity contribution >= 4 is 29.1 Å². The van der Waals surface area contributed by atoms with Gasteiger partial charge in [-0.3, -0.25) is 4.79 Å². The van der Waals surface area contributed by atoms with Crippen LogP contribution in [0.2, 0.25) is 5.02 Å². The quantitative estimate of drug-likeness (QED) is 0.858. The van der Waals surface area contributed by atoms with Crippen LogP contribution in [0.25, 0.3) is 5.57 Å². The number of carbonyl (C=O) groups is 2. The van der Waals surface area contributed by atoms with Gasteiger partial charge in [0.05, 0.1) is 0 Å². The predicted octanol–water partition coefficient (Wildman–Crippen LogP) is 4.01. The van der Waals surface area contributed by atoms with Crippen molar-refractivity contribution in [2.45, 2.75) is 26.7 Å². The van der Waals surface area contributed by atoms with Crippen LogP contribution in [0.4, 0.5) is 4.79 Å². The van der Waals surface area contributed by atoms with Gasteiger partial charge in [0.25, 0.3) is 0 Å². The largest absolute Gasteiger partial charge is 0.465 e. The highest BCUT2D eigenvalue weighted by molar-refractivity contribution is 6.31. The van der Waals surface area contributed by atoms with Crippen molar-refractivity contribution < 1.29 is 14.7 Å². The van der Waals surface area contributed by atoms with Crippen molar-refractivity contribution in [3.63, 3.8) is 0 Å². The molecule has 1 N–H and O–H groups in total. The van der Waals surface area contributed by atoms with Gasteiger partial charge in [0.15, 0.2) is 5.78 Å². The highest BCUT2D eigenvalue weighted by Gasteiger charge is 2.20. The minimum atomic E-state index is -0.914. The van der Waals surface area contributed by atoms with Crippen LogP contribution < -0.4 is 0 Å². The second-order valence-electron chi connectivity index (χ2n) is 5.13. The van der Waals surface area contributed by atoms with Crippen molar-refractivity contribution in [2.75, 3.05) is 13.1 Å². The summed E-state index contributed by atoms with van der Waals surface area (Å²) in [6, 6.07) is 3.65. The van der Waals surface area contributed by atoms with E-state index < -0.39 is 6.09 Å². The molecule has 5 heteroatoms. The molecule has 0 aromatic heterocycles. The number of halogens is 1. The van der Waals surface area contributed by atoms with E-state index in [0.717, 1.165) is 16.7 Å². The van der Waals surface area contributed by atoms with Gasteiger partial charge in [-0.25, -0.2) is 4.79 Å². The van der Waals surface area contributed by atoms with Gasteiger partial charge in [0.2, 0.25) is 0 Å². The number of Topliss-reactive ketones (excluding diaryl/α,β-unsaturated/α-hetero) is 1. The van der Waals surface area contributed by atoms with Crippen LogP contribution in [0.5, 0.6) is 0 Å². The summed E-state index contributed by atoms with van der Waals surface area (Å²) >= 11 is 6.13. The Kier molecular flexibility index (Phi) is 4.68. The molecule has 0 saturated carbocycles. The predicted molar refractivity (Wildman–Crippen MR) is 83.0 cm³/mol. The van der Waals surface area contributed by atoms with Gasteiger partial charge in [-0.15, -0.1) is 0 Å². The van der Waals surface area contributed by atoms with Gasteiger partial charge < -0.3 is 10.0 Å². The summed E-state index contributed by atoms with van der Waals surface area (Å²) in [5.41, 5.74) is 3.45. The standard InChI is InChI=1S/C16H18ClNO3/c1-3-15(19)13-9-14(17)10(2)8-12(13)11-4-6-18(7-5-11)16(20)21/h4,8-9H,3,5-7H2,1-2H3,(H,20,21). The Morgan fingerprint density at radius 1 is 1.38 bits per heavy atom. The summed E-state index contributed by atoms with van der Waals surface area (Å²) in [7, 11) is 0. The van der Waals surface area contributed by atoms with E-state index in [2.05, 4.69) is 0 Å². The molecule has 1 aliphatic rings. The third kappa shape index (κ3) is 3.27. The molecule has 1 aromatic rings. The average Bonchev–Trinajstić information content (AvgIpc) is 2.48. The van der Waals surface area contributed by atoms with Gasteiger partial charge in [0.1, 0.15) is 0 Å². The van der Waals surface area contributed by atoms with E-state index in [-0.39, 0.29) is 5.78 Å². The molecular formula is C16H18ClNO3. The number of amides is 1. The van der Waals surface area contributed by atoms with E-state index in [1.54, 1.807) is 6.07 Å². The zero-order chi connectivity index (χ0) is 15.6. The molecule has 1 aliphatic heterocycles. The maximum atomic E-state index is 12.1. The van der Waals surface area contributed by atoms with Crippen molar-refractivity contribution in [3.8, 4) is 0 Å². The molecule has 4 nitrogen and oxygen atoms in total. The Bertz CT molecular complexity index is 622. The molecule has 0 bridgehead atoms. The molecule has 1 amide bonds. The fourth-order valence-electron chi connectivity index (χ4n) is 2.46. The summed E-state index contributed by atoms with van der Waals surface area (Å²) in [6.45, 7) is 4.52. The maximum absolute atomic E-state index is 12.1. The summed E-state index contributed by atoms with van der Waals surface area (Å²) in [6.07, 6.45) is 1.99. The monoisotopic (exact) mass is 307 g/mol. The lowest BCUT2D eigenvalue weighted by Crippen LogP contribution is -2.33. The lowest BCUT2D eigenvalue weighted by atomic mass is 9.91. The number of rotatable bonds is 3. The van der Waals surface area contributed by atoms with Crippen LogP contribution in [0.15, 0.2) is 18.2 Å². The number of hydrogen-bond acceptors (Lipinski definition) is 2. The zero-order valence-corrected chi connectivity index (χ0v) is 12.9. The number of nitrogens with zero attached hydrogens (tertiary/aromatic N) is 1. The molecule has 0 fully saturated rings. The molecule has 0 aliphatic carbocycles. The first kappa shape index (κ1) is 15.6. The van der Waals surface area contributed by atoms with Gasteiger partial charge in [-0.1, -0.05) is 24.6 Å². The molecule has 0 atom stereocenters. The van der Waals surface area contributed by atoms with Crippen LogP contribution in [0, 0.1) is 6.92 Å². The Balaban J connectivity index is 2.42. The molecular weight excluding hydrogens is 290 g/mol. The fourth-order valence-corrected chi connectivity index (χ4v) is 2.62. The number of carbonyl (C=O) groups excluding carboxylic acids is 1. The normalized spacial score (nSPS) is 14.8. The molecule has 21 heavy (non-hydrogen) atoms. The fraction of sp³-hybridized carbons (Fsp3) is 0.375. The van der Waals surface area contributed by atoms with Crippen LogP contribution in [0.1, 0.15) is 41.3 Å². The van der Waals surface area contributed by atoms with Crippen molar-refractivity contribution in [2.24, 2.45) is 0 Å². The Labute approximate surface area is 129 Å². The molecule has 1 aromatic carbocycles. The molecule has 0 radical (unpaired) electrons. The smallest absolute Gasteiger partial charge is 0.407 e. The molecule has 0 spiro atoms. The summed E-state index contributed by atoms with van der Waals surface area (Å²) < 4.78 is 0. The van der Waals surface area contributed by atoms with E-state index in [1.807, 2.05) is 26.0 Å². The lowest BCUT2D eigenvalue weighted by molar-refractivity contribution is 0.0987. The van der Waals surface area contributed by atoms with E-state index in [9.17, 15) is 9.59 Å². The lowest BCUT2D eigenvalue weighted by Gasteiger charge is -2.25. The van der Waals surface area contributed by atoms with Gasteiger partial charge in [0, 0.05) is 30.1 Å². The number of benzene rings is 1. The molecule has 1 heterocycles. The summed E-state index contributed by atoms with van der Waals surface area (Å²) in [5.74, 6) is 0.0495. The number of carboxylic acid groups (broad SMARTS) is 1. The number of aryl methyl sites for hydroxylation is 1. The third-order valence-corrected chi connectivity index (χ3v) is 4.15. The van der Waals surface area contributed by atoms with Crippen molar-refractivity contribution in [1.82, 2.24) is 4.90 Å². The van der Waals surface area contributed by atoms with E-state index in [1.165, 1.54) is 4.90 Å². The van der Waals surface area contributed by atoms with Crippen LogP contribution >= 0.6 is 11.6 Å². The van der Waals surface area contributed by atoms with Crippen molar-refractivity contribution in [1.29, 1.82) is 0 Å². The average molecular weight is 308 g/mol. The highest BCUT2D eigenvalue weighted by atomic mass is 35.5. The molecule has 2 rings (SSSR count). The van der Waals surface area contributed by atoms with Gasteiger partial charge in [-0.05, 0) is 42.2 Å². The van der Waals surface area contributed by atoms with Crippen LogP contribution in [-0.2, 0) is 0 Å². The minimum Gasteiger partial charge on any atom is -0.465 e. The second kappa shape index (κ2) is 6.31. The summed E-state index contributed by atoms with van der Waals surface area (Å²) in [5, 5.41) is 9.56. The maximum Gasteiger partial charge on any atom is 0.407 e. The van der Waals surface area contributed by atoms with E-state index >= 15 is 0 Å². The first-order valence-electron chi connectivity index (χ1n) is 6.94. The van der Waals surface area contributed by atoms with E-state index in [4.69, 9.17) is 16.7 Å². The Morgan fingerprint density at radius 2 is 2.10 bits per heavy atom. The highest BCUT2D eigenvalue weighted by Crippen LogP contribution is 2.30. The molecule has 112 valence electrons.